The molecule has 7 nitrogen and oxygen atoms in total. The molecular formula is C16H17Cl2N5O2. The standard InChI is InChI=1S/C16H17Cl2N5O2/c17-10-5-11(18)7-12(6-10)22-14-13(19)15(21-8-20-14)23-3-1-9(2-4-23)16(24)25/h5-9H,1-4,19H2,(H,24,25)(H,20,21,22). The number of nitrogens with one attached hydrogen (secondary N) is 1. The van der Waals surface area contributed by atoms with Crippen LogP contribution >= 0.6 is 23.2 Å². The Bertz CT molecular complexity index is 774. The number of anilines is 4. The number of hydrogen-bond acceptors (Lipinski definition) is 6. The number of carboxylic acids is 1. The quantitative estimate of drug-likeness (QED) is 0.744. The predicted octanol–water partition coefficient (Wildman–Crippen LogP) is 3.41. The van der Waals surface area contributed by atoms with E-state index in [0.29, 0.717) is 59.0 Å². The summed E-state index contributed by atoms with van der Waals surface area (Å²) in [5, 5.41) is 13.2. The highest BCUT2D eigenvalue weighted by Crippen LogP contribution is 2.32. The summed E-state index contributed by atoms with van der Waals surface area (Å²) in [6, 6.07) is 5.07. The number of halogens is 2. The zero-order chi connectivity index (χ0) is 18.0. The second kappa shape index (κ2) is 7.33. The minimum Gasteiger partial charge on any atom is -0.481 e. The fourth-order valence-corrected chi connectivity index (χ4v) is 3.36. The molecule has 4 N–H and O–H groups in total. The normalized spacial score (nSPS) is 15.2. The van der Waals surface area contributed by atoms with Crippen molar-refractivity contribution >= 4 is 52.2 Å². The van der Waals surface area contributed by atoms with Crippen molar-refractivity contribution in [3.63, 3.8) is 0 Å². The second-order valence-corrected chi connectivity index (χ2v) is 6.72. The molecule has 132 valence electrons. The van der Waals surface area contributed by atoms with E-state index < -0.39 is 5.97 Å². The predicted molar refractivity (Wildman–Crippen MR) is 98.8 cm³/mol. The molecule has 0 aliphatic carbocycles. The molecule has 0 amide bonds. The zero-order valence-electron chi connectivity index (χ0n) is 13.2. The van der Waals surface area contributed by atoms with E-state index in [1.165, 1.54) is 6.33 Å². The molecule has 0 saturated carbocycles. The van der Waals surface area contributed by atoms with Crippen LogP contribution in [0.3, 0.4) is 0 Å². The largest absolute Gasteiger partial charge is 0.481 e. The molecule has 0 radical (unpaired) electrons. The number of rotatable bonds is 4. The molecule has 1 saturated heterocycles. The zero-order valence-corrected chi connectivity index (χ0v) is 14.8. The summed E-state index contributed by atoms with van der Waals surface area (Å²) in [6.07, 6.45) is 2.54. The molecule has 1 aliphatic rings. The van der Waals surface area contributed by atoms with Crippen LogP contribution in [0.2, 0.25) is 10.0 Å². The van der Waals surface area contributed by atoms with Crippen LogP contribution < -0.4 is 16.0 Å². The number of carboxylic acid groups (broad SMARTS) is 1. The molecular weight excluding hydrogens is 365 g/mol. The van der Waals surface area contributed by atoms with Crippen molar-refractivity contribution in [1.29, 1.82) is 0 Å². The van der Waals surface area contributed by atoms with E-state index in [9.17, 15) is 4.79 Å². The van der Waals surface area contributed by atoms with Gasteiger partial charge in [0.15, 0.2) is 11.6 Å². The van der Waals surface area contributed by atoms with Gasteiger partial charge in [0, 0.05) is 28.8 Å². The molecule has 0 atom stereocenters. The summed E-state index contributed by atoms with van der Waals surface area (Å²) >= 11 is 12.0. The number of nitrogens with zero attached hydrogens (tertiary/aromatic N) is 3. The smallest absolute Gasteiger partial charge is 0.306 e. The Labute approximate surface area is 154 Å². The molecule has 1 aliphatic heterocycles. The van der Waals surface area contributed by atoms with Crippen molar-refractivity contribution in [1.82, 2.24) is 9.97 Å². The molecule has 1 fully saturated rings. The summed E-state index contributed by atoms with van der Waals surface area (Å²) < 4.78 is 0. The lowest BCUT2D eigenvalue weighted by Gasteiger charge is -2.31. The summed E-state index contributed by atoms with van der Waals surface area (Å²) in [4.78, 5) is 21.5. The maximum atomic E-state index is 11.1. The first-order valence-electron chi connectivity index (χ1n) is 7.75. The van der Waals surface area contributed by atoms with Crippen LogP contribution in [-0.4, -0.2) is 34.1 Å². The van der Waals surface area contributed by atoms with Crippen LogP contribution in [0.25, 0.3) is 0 Å². The molecule has 0 unspecified atom stereocenters. The first-order valence-corrected chi connectivity index (χ1v) is 8.51. The fraction of sp³-hybridized carbons (Fsp3) is 0.312. The van der Waals surface area contributed by atoms with E-state index in [0.717, 1.165) is 0 Å². The van der Waals surface area contributed by atoms with Crippen molar-refractivity contribution in [2.45, 2.75) is 12.8 Å². The van der Waals surface area contributed by atoms with E-state index in [1.54, 1.807) is 18.2 Å². The summed E-state index contributed by atoms with van der Waals surface area (Å²) in [5.41, 5.74) is 7.28. The summed E-state index contributed by atoms with van der Waals surface area (Å²) in [7, 11) is 0. The molecule has 2 aromatic rings. The van der Waals surface area contributed by atoms with E-state index in [2.05, 4.69) is 15.3 Å². The van der Waals surface area contributed by atoms with Gasteiger partial charge >= 0.3 is 5.97 Å². The number of carbonyl (C=O) groups is 1. The third-order valence-corrected chi connectivity index (χ3v) is 4.57. The molecule has 9 heteroatoms. The Morgan fingerprint density at radius 3 is 2.44 bits per heavy atom. The summed E-state index contributed by atoms with van der Waals surface area (Å²) in [5.74, 6) is -0.0286. The van der Waals surface area contributed by atoms with Crippen molar-refractivity contribution < 1.29 is 9.90 Å². The van der Waals surface area contributed by atoms with E-state index in [1.807, 2.05) is 4.90 Å². The third-order valence-electron chi connectivity index (χ3n) is 4.13. The van der Waals surface area contributed by atoms with Crippen molar-refractivity contribution in [3.05, 3.63) is 34.6 Å². The number of aliphatic carboxylic acids is 1. The SMILES string of the molecule is Nc1c(Nc2cc(Cl)cc(Cl)c2)ncnc1N1CCC(C(=O)O)CC1. The van der Waals surface area contributed by atoms with Gasteiger partial charge in [-0.15, -0.1) is 0 Å². The van der Waals surface area contributed by atoms with Crippen LogP contribution in [0.4, 0.5) is 23.0 Å². The Kier molecular flexibility index (Phi) is 5.15. The second-order valence-electron chi connectivity index (χ2n) is 5.84. The average Bonchev–Trinajstić information content (AvgIpc) is 2.56. The molecule has 0 spiro atoms. The van der Waals surface area contributed by atoms with Crippen LogP contribution in [0.15, 0.2) is 24.5 Å². The lowest BCUT2D eigenvalue weighted by Crippen LogP contribution is -2.37. The van der Waals surface area contributed by atoms with E-state index >= 15 is 0 Å². The number of piperidine rings is 1. The monoisotopic (exact) mass is 381 g/mol. The van der Waals surface area contributed by atoms with Crippen LogP contribution in [-0.2, 0) is 4.79 Å². The van der Waals surface area contributed by atoms with Gasteiger partial charge in [0.05, 0.1) is 5.92 Å². The van der Waals surface area contributed by atoms with Gasteiger partial charge in [0.2, 0.25) is 0 Å². The first kappa shape index (κ1) is 17.6. The minimum atomic E-state index is -0.754. The molecule has 1 aromatic heterocycles. The molecule has 0 bridgehead atoms. The minimum absolute atomic E-state index is 0.314. The molecule has 1 aromatic carbocycles. The Morgan fingerprint density at radius 2 is 1.84 bits per heavy atom. The lowest BCUT2D eigenvalue weighted by molar-refractivity contribution is -0.142. The number of aromatic nitrogens is 2. The van der Waals surface area contributed by atoms with Crippen LogP contribution in [0.1, 0.15) is 12.8 Å². The van der Waals surface area contributed by atoms with Gasteiger partial charge in [-0.05, 0) is 31.0 Å². The molecule has 25 heavy (non-hydrogen) atoms. The molecule has 2 heterocycles. The van der Waals surface area contributed by atoms with Gasteiger partial charge < -0.3 is 21.1 Å². The number of hydrogen-bond donors (Lipinski definition) is 3. The van der Waals surface area contributed by atoms with Gasteiger partial charge in [-0.3, -0.25) is 4.79 Å². The fourth-order valence-electron chi connectivity index (χ4n) is 2.84. The van der Waals surface area contributed by atoms with E-state index in [-0.39, 0.29) is 5.92 Å². The number of nitrogen functional groups attached to an aromatic ring is 1. The highest BCUT2D eigenvalue weighted by Gasteiger charge is 2.26. The van der Waals surface area contributed by atoms with E-state index in [4.69, 9.17) is 34.0 Å². The average molecular weight is 382 g/mol. The Balaban J connectivity index is 1.79. The van der Waals surface area contributed by atoms with Crippen molar-refractivity contribution in [2.24, 2.45) is 5.92 Å². The topological polar surface area (TPSA) is 104 Å². The van der Waals surface area contributed by atoms with Gasteiger partial charge in [0.1, 0.15) is 12.0 Å². The summed E-state index contributed by atoms with van der Waals surface area (Å²) in [6.45, 7) is 1.17. The van der Waals surface area contributed by atoms with Crippen molar-refractivity contribution in [2.75, 3.05) is 29.0 Å². The van der Waals surface area contributed by atoms with Gasteiger partial charge in [-0.25, -0.2) is 9.97 Å². The first-order chi connectivity index (χ1) is 11.9. The van der Waals surface area contributed by atoms with Gasteiger partial charge in [-0.1, -0.05) is 23.2 Å². The van der Waals surface area contributed by atoms with Crippen LogP contribution in [0.5, 0.6) is 0 Å². The Morgan fingerprint density at radius 1 is 1.20 bits per heavy atom. The maximum Gasteiger partial charge on any atom is 0.306 e. The van der Waals surface area contributed by atoms with Gasteiger partial charge in [0.25, 0.3) is 0 Å². The third kappa shape index (κ3) is 4.05. The molecule has 3 rings (SSSR count). The maximum absolute atomic E-state index is 11.1. The Hall–Kier alpha value is -2.25. The highest BCUT2D eigenvalue weighted by molar-refractivity contribution is 6.35. The lowest BCUT2D eigenvalue weighted by atomic mass is 9.97. The van der Waals surface area contributed by atoms with Gasteiger partial charge in [-0.2, -0.15) is 0 Å². The van der Waals surface area contributed by atoms with Crippen molar-refractivity contribution in [3.8, 4) is 0 Å². The van der Waals surface area contributed by atoms with Crippen LogP contribution in [0, 0.1) is 5.92 Å². The number of nitrogens with two attached hydrogens (primary N) is 1. The number of benzene rings is 1. The highest BCUT2D eigenvalue weighted by atomic mass is 35.5.